The van der Waals surface area contributed by atoms with Gasteiger partial charge in [0.05, 0.1) is 19.7 Å². The molecule has 0 saturated carbocycles. The second kappa shape index (κ2) is 7.90. The normalized spacial score (nSPS) is 10.8. The summed E-state index contributed by atoms with van der Waals surface area (Å²) in [7, 11) is 0. The van der Waals surface area contributed by atoms with E-state index in [1.807, 2.05) is 37.4 Å². The molecule has 0 atom stereocenters. The summed E-state index contributed by atoms with van der Waals surface area (Å²) in [6, 6.07) is 10.1. The minimum Gasteiger partial charge on any atom is -0.465 e. The molecule has 0 N–H and O–H groups in total. The van der Waals surface area contributed by atoms with Crippen LogP contribution in [0.2, 0.25) is 0 Å². The lowest BCUT2D eigenvalue weighted by Crippen LogP contribution is -2.30. The van der Waals surface area contributed by atoms with E-state index in [-0.39, 0.29) is 12.5 Å². The molecule has 0 aliphatic rings. The van der Waals surface area contributed by atoms with Gasteiger partial charge < -0.3 is 4.74 Å². The van der Waals surface area contributed by atoms with Gasteiger partial charge in [-0.25, -0.2) is 4.98 Å². The van der Waals surface area contributed by atoms with Crippen molar-refractivity contribution in [2.45, 2.75) is 26.9 Å². The molecule has 0 bridgehead atoms. The maximum Gasteiger partial charge on any atom is 0.320 e. The van der Waals surface area contributed by atoms with Crippen LogP contribution in [-0.2, 0) is 22.6 Å². The highest BCUT2D eigenvalue weighted by Crippen LogP contribution is 2.14. The predicted molar refractivity (Wildman–Crippen MR) is 84.0 cm³/mol. The van der Waals surface area contributed by atoms with Gasteiger partial charge in [0.25, 0.3) is 0 Å². The molecular formula is C16H20N2O2S. The number of thiazole rings is 1. The average molecular weight is 304 g/mol. The zero-order valence-electron chi connectivity index (χ0n) is 12.4. The predicted octanol–water partition coefficient (Wildman–Crippen LogP) is 3.02. The molecule has 0 amide bonds. The first kappa shape index (κ1) is 15.7. The van der Waals surface area contributed by atoms with Crippen molar-refractivity contribution in [1.82, 2.24) is 9.88 Å². The first-order valence-electron chi connectivity index (χ1n) is 7.00. The molecule has 1 heterocycles. The second-order valence-electron chi connectivity index (χ2n) is 4.82. The third-order valence-corrected chi connectivity index (χ3v) is 3.88. The summed E-state index contributed by atoms with van der Waals surface area (Å²) in [5.74, 6) is -0.193. The molecule has 4 nitrogen and oxygen atoms in total. The van der Waals surface area contributed by atoms with Gasteiger partial charge in [0.1, 0.15) is 5.01 Å². The maximum absolute atomic E-state index is 11.8. The largest absolute Gasteiger partial charge is 0.465 e. The van der Waals surface area contributed by atoms with Crippen molar-refractivity contribution < 1.29 is 9.53 Å². The van der Waals surface area contributed by atoms with Crippen molar-refractivity contribution >= 4 is 17.3 Å². The molecule has 5 heteroatoms. The average Bonchev–Trinajstić information content (AvgIpc) is 2.85. The minimum atomic E-state index is -0.193. The lowest BCUT2D eigenvalue weighted by atomic mass is 10.2. The van der Waals surface area contributed by atoms with Crippen molar-refractivity contribution in [2.24, 2.45) is 0 Å². The van der Waals surface area contributed by atoms with E-state index in [4.69, 9.17) is 4.74 Å². The Labute approximate surface area is 129 Å². The van der Waals surface area contributed by atoms with E-state index in [1.165, 1.54) is 5.56 Å². The standard InChI is InChI=1S/C16H20N2O2S/c1-3-20-16(19)11-18(9-14-7-5-4-6-8-14)10-15-17-13(2)12-21-15/h4-8,12H,3,9-11H2,1-2H3. The van der Waals surface area contributed by atoms with Crippen LogP contribution in [0.3, 0.4) is 0 Å². The van der Waals surface area contributed by atoms with Crippen LogP contribution < -0.4 is 0 Å². The van der Waals surface area contributed by atoms with Crippen molar-refractivity contribution in [3.63, 3.8) is 0 Å². The van der Waals surface area contributed by atoms with Crippen LogP contribution in [0.25, 0.3) is 0 Å². The van der Waals surface area contributed by atoms with E-state index in [1.54, 1.807) is 11.3 Å². The van der Waals surface area contributed by atoms with Gasteiger partial charge in [-0.3, -0.25) is 9.69 Å². The SMILES string of the molecule is CCOC(=O)CN(Cc1ccccc1)Cc1nc(C)cs1. The molecular weight excluding hydrogens is 284 g/mol. The molecule has 0 aliphatic carbocycles. The summed E-state index contributed by atoms with van der Waals surface area (Å²) < 4.78 is 5.06. The fourth-order valence-electron chi connectivity index (χ4n) is 2.07. The van der Waals surface area contributed by atoms with E-state index in [0.717, 1.165) is 10.7 Å². The van der Waals surface area contributed by atoms with Crippen LogP contribution in [0.5, 0.6) is 0 Å². The minimum absolute atomic E-state index is 0.193. The smallest absolute Gasteiger partial charge is 0.320 e. The van der Waals surface area contributed by atoms with E-state index < -0.39 is 0 Å². The Morgan fingerprint density at radius 2 is 2.05 bits per heavy atom. The third-order valence-electron chi connectivity index (χ3n) is 2.93. The Morgan fingerprint density at radius 3 is 2.67 bits per heavy atom. The fraction of sp³-hybridized carbons (Fsp3) is 0.375. The number of ether oxygens (including phenoxy) is 1. The van der Waals surface area contributed by atoms with Crippen LogP contribution in [0.15, 0.2) is 35.7 Å². The van der Waals surface area contributed by atoms with E-state index in [2.05, 4.69) is 22.0 Å². The number of carbonyl (C=O) groups is 1. The first-order chi connectivity index (χ1) is 10.2. The maximum atomic E-state index is 11.8. The van der Waals surface area contributed by atoms with Gasteiger partial charge in [0.2, 0.25) is 0 Å². The number of nitrogens with zero attached hydrogens (tertiary/aromatic N) is 2. The molecule has 0 unspecified atom stereocenters. The van der Waals surface area contributed by atoms with Crippen LogP contribution in [0.4, 0.5) is 0 Å². The molecule has 0 aliphatic heterocycles. The van der Waals surface area contributed by atoms with Crippen LogP contribution in [0, 0.1) is 6.92 Å². The number of aromatic nitrogens is 1. The lowest BCUT2D eigenvalue weighted by molar-refractivity contribution is -0.144. The van der Waals surface area contributed by atoms with Gasteiger partial charge >= 0.3 is 5.97 Å². The number of rotatable bonds is 7. The first-order valence-corrected chi connectivity index (χ1v) is 7.88. The molecule has 0 fully saturated rings. The topological polar surface area (TPSA) is 42.4 Å². The Morgan fingerprint density at radius 1 is 1.29 bits per heavy atom. The number of benzene rings is 1. The highest BCUT2D eigenvalue weighted by Gasteiger charge is 2.14. The Balaban J connectivity index is 2.04. The van der Waals surface area contributed by atoms with Crippen molar-refractivity contribution in [3.8, 4) is 0 Å². The van der Waals surface area contributed by atoms with Crippen LogP contribution in [-0.4, -0.2) is 29.0 Å². The quantitative estimate of drug-likeness (QED) is 0.737. The highest BCUT2D eigenvalue weighted by atomic mass is 32.1. The molecule has 21 heavy (non-hydrogen) atoms. The zero-order valence-corrected chi connectivity index (χ0v) is 13.2. The molecule has 2 aromatic rings. The summed E-state index contributed by atoms with van der Waals surface area (Å²) in [5.41, 5.74) is 2.20. The van der Waals surface area contributed by atoms with Gasteiger partial charge in [-0.05, 0) is 19.4 Å². The number of esters is 1. The van der Waals surface area contributed by atoms with Gasteiger partial charge in [-0.1, -0.05) is 30.3 Å². The number of hydrogen-bond donors (Lipinski definition) is 0. The third kappa shape index (κ3) is 5.28. The molecule has 1 aromatic carbocycles. The fourth-order valence-corrected chi connectivity index (χ4v) is 2.88. The highest BCUT2D eigenvalue weighted by molar-refractivity contribution is 7.09. The van der Waals surface area contributed by atoms with Gasteiger partial charge in [-0.2, -0.15) is 0 Å². The summed E-state index contributed by atoms with van der Waals surface area (Å²) in [4.78, 5) is 18.3. The lowest BCUT2D eigenvalue weighted by Gasteiger charge is -2.20. The van der Waals surface area contributed by atoms with Crippen molar-refractivity contribution in [1.29, 1.82) is 0 Å². The van der Waals surface area contributed by atoms with E-state index in [9.17, 15) is 4.79 Å². The number of carbonyl (C=O) groups excluding carboxylic acids is 1. The molecule has 0 spiro atoms. The summed E-state index contributed by atoms with van der Waals surface area (Å²) in [6.45, 7) is 5.86. The summed E-state index contributed by atoms with van der Waals surface area (Å²) in [5, 5.41) is 3.05. The van der Waals surface area contributed by atoms with Crippen molar-refractivity contribution in [3.05, 3.63) is 52.0 Å². The molecule has 1 aromatic heterocycles. The Kier molecular flexibility index (Phi) is 5.90. The molecule has 112 valence electrons. The van der Waals surface area contributed by atoms with Gasteiger partial charge in [-0.15, -0.1) is 11.3 Å². The van der Waals surface area contributed by atoms with Gasteiger partial charge in [0.15, 0.2) is 0 Å². The second-order valence-corrected chi connectivity index (χ2v) is 5.76. The molecule has 2 rings (SSSR count). The summed E-state index contributed by atoms with van der Waals surface area (Å²) >= 11 is 1.62. The molecule has 0 radical (unpaired) electrons. The Bertz CT molecular complexity index is 569. The summed E-state index contributed by atoms with van der Waals surface area (Å²) in [6.07, 6.45) is 0. The number of hydrogen-bond acceptors (Lipinski definition) is 5. The Hall–Kier alpha value is -1.72. The van der Waals surface area contributed by atoms with E-state index in [0.29, 0.717) is 19.7 Å². The van der Waals surface area contributed by atoms with Crippen molar-refractivity contribution in [2.75, 3.05) is 13.2 Å². The van der Waals surface area contributed by atoms with E-state index >= 15 is 0 Å². The number of aryl methyl sites for hydroxylation is 1. The van der Waals surface area contributed by atoms with Gasteiger partial charge in [0, 0.05) is 17.6 Å². The zero-order chi connectivity index (χ0) is 15.1. The van der Waals surface area contributed by atoms with Crippen LogP contribution in [0.1, 0.15) is 23.2 Å². The monoisotopic (exact) mass is 304 g/mol. The van der Waals surface area contributed by atoms with Crippen LogP contribution >= 0.6 is 11.3 Å². The molecule has 0 saturated heterocycles.